The van der Waals surface area contributed by atoms with E-state index < -0.39 is 17.8 Å². The molecule has 1 fully saturated rings. The highest BCUT2D eigenvalue weighted by Crippen LogP contribution is 2.48. The first kappa shape index (κ1) is 8.81. The number of fused-ring (bicyclic) bond motifs is 2. The van der Waals surface area contributed by atoms with Gasteiger partial charge in [-0.25, -0.2) is 0 Å². The lowest BCUT2D eigenvalue weighted by molar-refractivity contribution is -0.146. The summed E-state index contributed by atoms with van der Waals surface area (Å²) in [7, 11) is 0. The molecule has 1 saturated carbocycles. The molecule has 3 nitrogen and oxygen atoms in total. The Labute approximate surface area is 81.2 Å². The van der Waals surface area contributed by atoms with Gasteiger partial charge in [0.1, 0.15) is 0 Å². The number of carbonyl (C=O) groups is 2. The summed E-state index contributed by atoms with van der Waals surface area (Å²) in [6.07, 6.45) is 4.66. The molecule has 2 bridgehead atoms. The maximum absolute atomic E-state index is 11.1. The molecule has 1 N–H and O–H groups in total. The highest BCUT2D eigenvalue weighted by atomic mass is 32.1. The van der Waals surface area contributed by atoms with Gasteiger partial charge in [0, 0.05) is 5.92 Å². The highest BCUT2D eigenvalue weighted by molar-refractivity contribution is 7.96. The molecule has 0 aliphatic heterocycles. The van der Waals surface area contributed by atoms with E-state index >= 15 is 0 Å². The molecule has 4 heteroatoms. The molecule has 0 aromatic carbocycles. The second-order valence-electron chi connectivity index (χ2n) is 3.68. The maximum atomic E-state index is 11.1. The molecule has 0 aromatic heterocycles. The van der Waals surface area contributed by atoms with E-state index in [-0.39, 0.29) is 17.0 Å². The number of rotatable bonds is 2. The average Bonchev–Trinajstić information content (AvgIpc) is 2.60. The molecular formula is C9H10O3S. The van der Waals surface area contributed by atoms with E-state index in [4.69, 9.17) is 5.11 Å². The van der Waals surface area contributed by atoms with Crippen LogP contribution in [0, 0.1) is 23.7 Å². The minimum absolute atomic E-state index is 0.0450. The Kier molecular flexibility index (Phi) is 1.95. The average molecular weight is 198 g/mol. The van der Waals surface area contributed by atoms with Crippen LogP contribution in [0.4, 0.5) is 0 Å². The van der Waals surface area contributed by atoms with Crippen LogP contribution < -0.4 is 0 Å². The fourth-order valence-electron chi connectivity index (χ4n) is 2.50. The Bertz CT molecular complexity index is 269. The first-order valence-electron chi connectivity index (χ1n) is 4.25. The predicted octanol–water partition coefficient (Wildman–Crippen LogP) is 0.966. The second kappa shape index (κ2) is 2.87. The van der Waals surface area contributed by atoms with Crippen molar-refractivity contribution < 1.29 is 14.7 Å². The van der Waals surface area contributed by atoms with Gasteiger partial charge in [-0.05, 0) is 18.3 Å². The van der Waals surface area contributed by atoms with Crippen molar-refractivity contribution in [2.75, 3.05) is 0 Å². The molecule has 0 unspecified atom stereocenters. The Hall–Kier alpha value is -0.770. The Balaban J connectivity index is 2.30. The summed E-state index contributed by atoms with van der Waals surface area (Å²) in [5, 5.41) is 8.65. The van der Waals surface area contributed by atoms with Crippen LogP contribution in [0.15, 0.2) is 12.2 Å². The van der Waals surface area contributed by atoms with Crippen molar-refractivity contribution in [3.05, 3.63) is 12.2 Å². The van der Waals surface area contributed by atoms with Crippen molar-refractivity contribution in [2.24, 2.45) is 23.7 Å². The van der Waals surface area contributed by atoms with Gasteiger partial charge in [-0.1, -0.05) is 12.2 Å². The Morgan fingerprint density at radius 3 is 2.15 bits per heavy atom. The number of thiol groups is 1. The van der Waals surface area contributed by atoms with Crippen LogP contribution >= 0.6 is 12.6 Å². The summed E-state index contributed by atoms with van der Waals surface area (Å²) >= 11 is 3.74. The van der Waals surface area contributed by atoms with Gasteiger partial charge in [0.25, 0.3) is 0 Å². The zero-order chi connectivity index (χ0) is 9.59. The number of allylic oxidation sites excluding steroid dienone is 2. The lowest BCUT2D eigenvalue weighted by Gasteiger charge is -2.21. The van der Waals surface area contributed by atoms with E-state index in [1.54, 1.807) is 0 Å². The number of carboxylic acid groups (broad SMARTS) is 1. The number of hydrogen-bond donors (Lipinski definition) is 2. The van der Waals surface area contributed by atoms with E-state index in [0.717, 1.165) is 6.42 Å². The maximum Gasteiger partial charge on any atom is 0.307 e. The van der Waals surface area contributed by atoms with Crippen molar-refractivity contribution in [1.29, 1.82) is 0 Å². The SMILES string of the molecule is O=C(O)[C@@H]1[C@@H](C(=O)S)[C@H]2C=C[C@@H]1C2. The molecule has 2 aliphatic rings. The molecule has 4 atom stereocenters. The van der Waals surface area contributed by atoms with Gasteiger partial charge in [-0.2, -0.15) is 0 Å². The zero-order valence-corrected chi connectivity index (χ0v) is 7.78. The van der Waals surface area contributed by atoms with Gasteiger partial charge in [-0.3, -0.25) is 9.59 Å². The number of carbonyl (C=O) groups excluding carboxylic acids is 1. The molecule has 70 valence electrons. The smallest absolute Gasteiger partial charge is 0.307 e. The molecule has 2 rings (SSSR count). The summed E-state index contributed by atoms with van der Waals surface area (Å²) in [4.78, 5) is 22.0. The fraction of sp³-hybridized carbons (Fsp3) is 0.556. The van der Waals surface area contributed by atoms with Gasteiger partial charge in [0.2, 0.25) is 0 Å². The van der Waals surface area contributed by atoms with Crippen molar-refractivity contribution in [3.63, 3.8) is 0 Å². The van der Waals surface area contributed by atoms with Gasteiger partial charge >= 0.3 is 5.97 Å². The summed E-state index contributed by atoms with van der Waals surface area (Å²) in [6, 6.07) is 0. The minimum atomic E-state index is -0.871. The minimum Gasteiger partial charge on any atom is -0.481 e. The second-order valence-corrected chi connectivity index (χ2v) is 4.12. The first-order chi connectivity index (χ1) is 6.11. The molecule has 0 aromatic rings. The van der Waals surface area contributed by atoms with Crippen LogP contribution in [-0.2, 0) is 9.59 Å². The Morgan fingerprint density at radius 2 is 1.77 bits per heavy atom. The van der Waals surface area contributed by atoms with Crippen molar-refractivity contribution in [3.8, 4) is 0 Å². The van der Waals surface area contributed by atoms with Crippen LogP contribution in [0.1, 0.15) is 6.42 Å². The van der Waals surface area contributed by atoms with E-state index in [1.807, 2.05) is 12.2 Å². The van der Waals surface area contributed by atoms with Crippen molar-refractivity contribution >= 4 is 23.7 Å². The largest absolute Gasteiger partial charge is 0.481 e. The third-order valence-electron chi connectivity index (χ3n) is 3.03. The van der Waals surface area contributed by atoms with Crippen LogP contribution in [0.2, 0.25) is 0 Å². The molecule has 0 amide bonds. The lowest BCUT2D eigenvalue weighted by atomic mass is 9.84. The van der Waals surface area contributed by atoms with Crippen LogP contribution in [0.25, 0.3) is 0 Å². The molecule has 2 aliphatic carbocycles. The summed E-state index contributed by atoms with van der Waals surface area (Å²) in [5.41, 5.74) is 0. The Morgan fingerprint density at radius 1 is 1.23 bits per heavy atom. The third kappa shape index (κ3) is 1.20. The van der Waals surface area contributed by atoms with Gasteiger partial charge < -0.3 is 5.11 Å². The molecule has 0 saturated heterocycles. The fourth-order valence-corrected chi connectivity index (χ4v) is 2.85. The molecule has 13 heavy (non-hydrogen) atoms. The van der Waals surface area contributed by atoms with E-state index in [1.165, 1.54) is 0 Å². The van der Waals surface area contributed by atoms with Gasteiger partial charge in [0.15, 0.2) is 5.12 Å². The summed E-state index contributed by atoms with van der Waals surface area (Å²) in [5.74, 6) is -1.67. The lowest BCUT2D eigenvalue weighted by Crippen LogP contribution is -2.30. The molecular weight excluding hydrogens is 188 g/mol. The molecule has 0 heterocycles. The van der Waals surface area contributed by atoms with Gasteiger partial charge in [0.05, 0.1) is 5.92 Å². The predicted molar refractivity (Wildman–Crippen MR) is 49.3 cm³/mol. The topological polar surface area (TPSA) is 54.4 Å². The van der Waals surface area contributed by atoms with Crippen LogP contribution in [0.5, 0.6) is 0 Å². The van der Waals surface area contributed by atoms with Crippen LogP contribution in [-0.4, -0.2) is 16.2 Å². The zero-order valence-electron chi connectivity index (χ0n) is 6.88. The number of carboxylic acids is 1. The first-order valence-corrected chi connectivity index (χ1v) is 4.70. The molecule has 0 radical (unpaired) electrons. The van der Waals surface area contributed by atoms with E-state index in [0.29, 0.717) is 0 Å². The van der Waals surface area contributed by atoms with Crippen LogP contribution in [0.3, 0.4) is 0 Å². The normalized spacial score (nSPS) is 41.0. The third-order valence-corrected chi connectivity index (χ3v) is 3.33. The highest BCUT2D eigenvalue weighted by Gasteiger charge is 2.50. The monoisotopic (exact) mass is 198 g/mol. The summed E-state index contributed by atoms with van der Waals surface area (Å²) in [6.45, 7) is 0. The molecule has 0 spiro atoms. The van der Waals surface area contributed by atoms with Crippen molar-refractivity contribution in [1.82, 2.24) is 0 Å². The summed E-state index contributed by atoms with van der Waals surface area (Å²) < 4.78 is 0. The standard InChI is InChI=1S/C9H10O3S/c10-8(11)6-4-1-2-5(3-4)7(6)9(12)13/h1-2,4-7H,3H2,(H,10,11)(H,12,13)/t4-,5+,6+,7+/m1/s1. The van der Waals surface area contributed by atoms with Gasteiger partial charge in [-0.15, -0.1) is 12.6 Å². The number of aliphatic carboxylic acids is 1. The van der Waals surface area contributed by atoms with E-state index in [9.17, 15) is 9.59 Å². The quantitative estimate of drug-likeness (QED) is 0.513. The number of hydrogen-bond acceptors (Lipinski definition) is 2. The van der Waals surface area contributed by atoms with E-state index in [2.05, 4.69) is 12.6 Å². The van der Waals surface area contributed by atoms with Crippen molar-refractivity contribution in [2.45, 2.75) is 6.42 Å².